The number of aromatic nitrogens is 2. The van der Waals surface area contributed by atoms with E-state index in [0.29, 0.717) is 13.2 Å². The Morgan fingerprint density at radius 1 is 1.50 bits per heavy atom. The third-order valence-electron chi connectivity index (χ3n) is 3.79. The molecule has 1 fully saturated rings. The summed E-state index contributed by atoms with van der Waals surface area (Å²) < 4.78 is 12.8. The molecule has 1 aliphatic heterocycles. The zero-order valence-electron chi connectivity index (χ0n) is 14.0. The first-order valence-corrected chi connectivity index (χ1v) is 7.90. The van der Waals surface area contributed by atoms with Gasteiger partial charge in [-0.1, -0.05) is 0 Å². The van der Waals surface area contributed by atoms with Crippen LogP contribution in [0.3, 0.4) is 0 Å². The van der Waals surface area contributed by atoms with Gasteiger partial charge in [0.05, 0.1) is 38.4 Å². The summed E-state index contributed by atoms with van der Waals surface area (Å²) in [5.74, 6) is 0.908. The number of hydrogen-bond acceptors (Lipinski definition) is 4. The standard InChI is InChI=1S/C16H23N5O2.HI/c1-3-17-16(18-8-13-4-6-22-12-13)21-5-7-23-15(11-21)14-9-19-20(2)10-14;/h4,6,9-10,12,15H,3,5,7-8,11H2,1-2H3,(H,17,18);1H. The van der Waals surface area contributed by atoms with Crippen molar-refractivity contribution in [3.63, 3.8) is 0 Å². The molecule has 0 radical (unpaired) electrons. The lowest BCUT2D eigenvalue weighted by molar-refractivity contribution is -0.00805. The topological polar surface area (TPSA) is 67.8 Å². The first-order chi connectivity index (χ1) is 11.3. The second kappa shape index (κ2) is 9.07. The van der Waals surface area contributed by atoms with Gasteiger partial charge >= 0.3 is 0 Å². The summed E-state index contributed by atoms with van der Waals surface area (Å²) in [6.45, 7) is 5.78. The molecule has 7 nitrogen and oxygen atoms in total. The lowest BCUT2D eigenvalue weighted by Crippen LogP contribution is -2.48. The number of furan rings is 1. The maximum atomic E-state index is 5.89. The molecule has 1 atom stereocenters. The van der Waals surface area contributed by atoms with Gasteiger partial charge in [-0.15, -0.1) is 24.0 Å². The highest BCUT2D eigenvalue weighted by molar-refractivity contribution is 14.0. The Bertz CT molecular complexity index is 641. The maximum absolute atomic E-state index is 5.89. The average molecular weight is 445 g/mol. The fraction of sp³-hybridized carbons (Fsp3) is 0.500. The molecule has 0 amide bonds. The van der Waals surface area contributed by atoms with Crippen LogP contribution >= 0.6 is 24.0 Å². The maximum Gasteiger partial charge on any atom is 0.194 e. The van der Waals surface area contributed by atoms with Crippen LogP contribution in [0.1, 0.15) is 24.2 Å². The van der Waals surface area contributed by atoms with E-state index < -0.39 is 0 Å². The quantitative estimate of drug-likeness (QED) is 0.444. The number of halogens is 1. The molecule has 2 aromatic heterocycles. The highest BCUT2D eigenvalue weighted by Gasteiger charge is 2.25. The zero-order valence-corrected chi connectivity index (χ0v) is 16.3. The average Bonchev–Trinajstić information content (AvgIpc) is 3.23. The normalized spacial score (nSPS) is 18.3. The van der Waals surface area contributed by atoms with Crippen molar-refractivity contribution in [2.45, 2.75) is 19.6 Å². The molecule has 2 aromatic rings. The number of nitrogens with one attached hydrogen (secondary N) is 1. The van der Waals surface area contributed by atoms with Gasteiger partial charge in [-0.2, -0.15) is 5.10 Å². The molecular weight excluding hydrogens is 421 g/mol. The summed E-state index contributed by atoms with van der Waals surface area (Å²) in [5.41, 5.74) is 2.17. The highest BCUT2D eigenvalue weighted by Crippen LogP contribution is 2.21. The lowest BCUT2D eigenvalue weighted by Gasteiger charge is -2.34. The van der Waals surface area contributed by atoms with Crippen LogP contribution in [-0.2, 0) is 18.3 Å². The van der Waals surface area contributed by atoms with Gasteiger partial charge < -0.3 is 19.4 Å². The zero-order chi connectivity index (χ0) is 16.1. The Kier molecular flexibility index (Phi) is 7.10. The summed E-state index contributed by atoms with van der Waals surface area (Å²) in [4.78, 5) is 6.95. The summed E-state index contributed by atoms with van der Waals surface area (Å²) in [6, 6.07) is 1.94. The SMILES string of the molecule is CCNC(=NCc1ccoc1)N1CCOC(c2cnn(C)c2)C1.I. The largest absolute Gasteiger partial charge is 0.472 e. The molecule has 1 aliphatic rings. The second-order valence-corrected chi connectivity index (χ2v) is 5.55. The van der Waals surface area contributed by atoms with Crippen LogP contribution in [0, 0.1) is 0 Å². The van der Waals surface area contributed by atoms with Gasteiger partial charge in [0, 0.05) is 37.5 Å². The Balaban J connectivity index is 0.00000208. The van der Waals surface area contributed by atoms with Gasteiger partial charge in [0.2, 0.25) is 0 Å². The molecule has 132 valence electrons. The number of aliphatic imine (C=N–C) groups is 1. The van der Waals surface area contributed by atoms with Crippen LogP contribution in [0.15, 0.2) is 40.4 Å². The summed E-state index contributed by atoms with van der Waals surface area (Å²) in [7, 11) is 1.92. The van der Waals surface area contributed by atoms with Gasteiger partial charge in [-0.25, -0.2) is 4.99 Å². The van der Waals surface area contributed by atoms with Gasteiger partial charge in [0.15, 0.2) is 5.96 Å². The Morgan fingerprint density at radius 3 is 3.04 bits per heavy atom. The van der Waals surface area contributed by atoms with Crippen molar-refractivity contribution in [3.8, 4) is 0 Å². The van der Waals surface area contributed by atoms with Crippen LogP contribution in [0.2, 0.25) is 0 Å². The third-order valence-corrected chi connectivity index (χ3v) is 3.79. The van der Waals surface area contributed by atoms with Crippen LogP contribution in [0.25, 0.3) is 0 Å². The first kappa shape index (κ1) is 18.8. The second-order valence-electron chi connectivity index (χ2n) is 5.55. The van der Waals surface area contributed by atoms with Gasteiger partial charge in [0.25, 0.3) is 0 Å². The smallest absolute Gasteiger partial charge is 0.194 e. The third kappa shape index (κ3) is 4.73. The van der Waals surface area contributed by atoms with Crippen molar-refractivity contribution in [3.05, 3.63) is 42.1 Å². The minimum atomic E-state index is 0. The van der Waals surface area contributed by atoms with E-state index in [-0.39, 0.29) is 30.1 Å². The predicted molar refractivity (Wildman–Crippen MR) is 102 cm³/mol. The molecule has 0 bridgehead atoms. The van der Waals surface area contributed by atoms with E-state index in [0.717, 1.165) is 36.7 Å². The summed E-state index contributed by atoms with van der Waals surface area (Å²) in [6.07, 6.45) is 7.29. The van der Waals surface area contributed by atoms with E-state index in [2.05, 4.69) is 22.2 Å². The Labute approximate surface area is 159 Å². The molecule has 1 saturated heterocycles. The minimum Gasteiger partial charge on any atom is -0.472 e. The van der Waals surface area contributed by atoms with E-state index in [9.17, 15) is 0 Å². The number of aryl methyl sites for hydroxylation is 1. The van der Waals surface area contributed by atoms with E-state index in [1.165, 1.54) is 0 Å². The van der Waals surface area contributed by atoms with Gasteiger partial charge in [0.1, 0.15) is 6.10 Å². The summed E-state index contributed by atoms with van der Waals surface area (Å²) >= 11 is 0. The van der Waals surface area contributed by atoms with Crippen LogP contribution < -0.4 is 5.32 Å². The molecule has 3 heterocycles. The van der Waals surface area contributed by atoms with Crippen LogP contribution in [-0.4, -0.2) is 46.9 Å². The molecule has 0 aliphatic carbocycles. The molecule has 3 rings (SSSR count). The van der Waals surface area contributed by atoms with Crippen molar-refractivity contribution < 1.29 is 9.15 Å². The van der Waals surface area contributed by atoms with Crippen molar-refractivity contribution in [1.29, 1.82) is 0 Å². The van der Waals surface area contributed by atoms with Crippen molar-refractivity contribution in [2.75, 3.05) is 26.2 Å². The monoisotopic (exact) mass is 445 g/mol. The van der Waals surface area contributed by atoms with E-state index in [1.807, 2.05) is 25.5 Å². The summed E-state index contributed by atoms with van der Waals surface area (Å²) in [5, 5.41) is 7.59. The van der Waals surface area contributed by atoms with Crippen LogP contribution in [0.5, 0.6) is 0 Å². The highest BCUT2D eigenvalue weighted by atomic mass is 127. The molecule has 0 aromatic carbocycles. The number of nitrogens with zero attached hydrogens (tertiary/aromatic N) is 4. The van der Waals surface area contributed by atoms with Crippen molar-refractivity contribution in [1.82, 2.24) is 20.0 Å². The van der Waals surface area contributed by atoms with Gasteiger partial charge in [-0.05, 0) is 13.0 Å². The predicted octanol–water partition coefficient (Wildman–Crippen LogP) is 2.17. The molecule has 0 spiro atoms. The molecule has 0 saturated carbocycles. The van der Waals surface area contributed by atoms with E-state index in [1.54, 1.807) is 17.2 Å². The van der Waals surface area contributed by atoms with Crippen molar-refractivity contribution in [2.24, 2.45) is 12.0 Å². The number of morpholine rings is 1. The lowest BCUT2D eigenvalue weighted by atomic mass is 10.1. The van der Waals surface area contributed by atoms with Crippen molar-refractivity contribution >= 4 is 29.9 Å². The molecule has 1 unspecified atom stereocenters. The molecular formula is C16H24IN5O2. The fourth-order valence-electron chi connectivity index (χ4n) is 2.62. The van der Waals surface area contributed by atoms with E-state index in [4.69, 9.17) is 14.1 Å². The van der Waals surface area contributed by atoms with E-state index >= 15 is 0 Å². The van der Waals surface area contributed by atoms with Crippen LogP contribution in [0.4, 0.5) is 0 Å². The minimum absolute atomic E-state index is 0. The number of ether oxygens (including phenoxy) is 1. The molecule has 8 heteroatoms. The molecule has 1 N–H and O–H groups in total. The number of hydrogen-bond donors (Lipinski definition) is 1. The number of guanidine groups is 1. The Morgan fingerprint density at radius 2 is 2.38 bits per heavy atom. The number of rotatable bonds is 4. The molecule has 24 heavy (non-hydrogen) atoms. The van der Waals surface area contributed by atoms with Gasteiger partial charge in [-0.3, -0.25) is 4.68 Å². The Hall–Kier alpha value is -1.55. The fourth-order valence-corrected chi connectivity index (χ4v) is 2.62. The first-order valence-electron chi connectivity index (χ1n) is 7.90.